The molecule has 4 nitrogen and oxygen atoms in total. The first-order valence-corrected chi connectivity index (χ1v) is 7.16. The van der Waals surface area contributed by atoms with Crippen LogP contribution in [0.25, 0.3) is 0 Å². The number of alkyl halides is 3. The molecule has 0 N–H and O–H groups in total. The van der Waals surface area contributed by atoms with Crippen molar-refractivity contribution in [2.45, 2.75) is 19.5 Å². The van der Waals surface area contributed by atoms with Gasteiger partial charge >= 0.3 is 6.18 Å². The fraction of sp³-hybridized carbons (Fsp3) is 0.294. The smallest absolute Gasteiger partial charge is 0.416 e. The average Bonchev–Trinajstić information content (AvgIpc) is 2.54. The molecule has 1 heterocycles. The van der Waals surface area contributed by atoms with Crippen LogP contribution in [0.2, 0.25) is 0 Å². The van der Waals surface area contributed by atoms with Gasteiger partial charge in [-0.15, -0.1) is 0 Å². The molecule has 2 rings (SSSR count). The number of hydrogen-bond acceptors (Lipinski definition) is 3. The van der Waals surface area contributed by atoms with Crippen LogP contribution in [0, 0.1) is 6.92 Å². The number of likely N-dealkylation sites (N-methyl/N-ethyl adjacent to an activating group) is 1. The number of nitrogens with zero attached hydrogens (tertiary/aromatic N) is 2. The SMILES string of the molecule is COc1ncccc1N(C)C(=O)Cc1ccc(C(F)(F)F)cc1C. The fourth-order valence-corrected chi connectivity index (χ4v) is 2.28. The maximum Gasteiger partial charge on any atom is 0.416 e. The summed E-state index contributed by atoms with van der Waals surface area (Å²) in [6, 6.07) is 6.73. The van der Waals surface area contributed by atoms with Crippen LogP contribution in [0.1, 0.15) is 16.7 Å². The van der Waals surface area contributed by atoms with Crippen LogP contribution >= 0.6 is 0 Å². The molecule has 0 fully saturated rings. The summed E-state index contributed by atoms with van der Waals surface area (Å²) in [6.45, 7) is 1.56. The summed E-state index contributed by atoms with van der Waals surface area (Å²) < 4.78 is 43.2. The number of hydrogen-bond donors (Lipinski definition) is 0. The standard InChI is InChI=1S/C17H17F3N2O2/c1-11-9-13(17(18,19)20)7-6-12(11)10-15(23)22(2)14-5-4-8-21-16(14)24-3/h4-9H,10H2,1-3H3. The van der Waals surface area contributed by atoms with Gasteiger partial charge in [0.25, 0.3) is 0 Å². The number of amides is 1. The van der Waals surface area contributed by atoms with Crippen molar-refractivity contribution in [3.8, 4) is 5.88 Å². The van der Waals surface area contributed by atoms with E-state index in [1.165, 1.54) is 18.1 Å². The molecule has 0 spiro atoms. The van der Waals surface area contributed by atoms with Gasteiger partial charge in [-0.05, 0) is 42.3 Å². The highest BCUT2D eigenvalue weighted by molar-refractivity contribution is 5.95. The number of anilines is 1. The quantitative estimate of drug-likeness (QED) is 0.855. The molecular formula is C17H17F3N2O2. The second-order valence-corrected chi connectivity index (χ2v) is 5.30. The molecule has 0 radical (unpaired) electrons. The molecule has 0 saturated heterocycles. The molecular weight excluding hydrogens is 321 g/mol. The monoisotopic (exact) mass is 338 g/mol. The van der Waals surface area contributed by atoms with Crippen LogP contribution in [-0.4, -0.2) is 25.0 Å². The van der Waals surface area contributed by atoms with E-state index in [0.717, 1.165) is 12.1 Å². The first kappa shape index (κ1) is 17.8. The molecule has 0 aliphatic rings. The summed E-state index contributed by atoms with van der Waals surface area (Å²) in [7, 11) is 3.02. The molecule has 1 aromatic heterocycles. The number of benzene rings is 1. The Bertz CT molecular complexity index is 745. The van der Waals surface area contributed by atoms with Gasteiger partial charge in [-0.2, -0.15) is 13.2 Å². The van der Waals surface area contributed by atoms with Gasteiger partial charge in [0.1, 0.15) is 5.69 Å². The van der Waals surface area contributed by atoms with Crippen molar-refractivity contribution in [2.75, 3.05) is 19.1 Å². The van der Waals surface area contributed by atoms with Crippen molar-refractivity contribution in [3.63, 3.8) is 0 Å². The second-order valence-electron chi connectivity index (χ2n) is 5.30. The van der Waals surface area contributed by atoms with E-state index in [0.29, 0.717) is 22.7 Å². The Kier molecular flexibility index (Phi) is 5.11. The van der Waals surface area contributed by atoms with E-state index in [9.17, 15) is 18.0 Å². The molecule has 1 aromatic carbocycles. The number of methoxy groups -OCH3 is 1. The van der Waals surface area contributed by atoms with Crippen molar-refractivity contribution >= 4 is 11.6 Å². The maximum absolute atomic E-state index is 12.7. The minimum Gasteiger partial charge on any atom is -0.480 e. The van der Waals surface area contributed by atoms with Gasteiger partial charge in [0.2, 0.25) is 11.8 Å². The molecule has 7 heteroatoms. The third kappa shape index (κ3) is 3.84. The van der Waals surface area contributed by atoms with Crippen molar-refractivity contribution in [1.29, 1.82) is 0 Å². The Hall–Kier alpha value is -2.57. The van der Waals surface area contributed by atoms with Gasteiger partial charge in [0.15, 0.2) is 0 Å². The molecule has 24 heavy (non-hydrogen) atoms. The number of pyridine rings is 1. The van der Waals surface area contributed by atoms with E-state index in [2.05, 4.69) is 4.98 Å². The fourth-order valence-electron chi connectivity index (χ4n) is 2.28. The molecule has 0 atom stereocenters. The van der Waals surface area contributed by atoms with E-state index in [1.807, 2.05) is 0 Å². The summed E-state index contributed by atoms with van der Waals surface area (Å²) in [4.78, 5) is 17.8. The third-order valence-corrected chi connectivity index (χ3v) is 3.69. The Morgan fingerprint density at radius 2 is 2.00 bits per heavy atom. The molecule has 0 aliphatic carbocycles. The number of carbonyl (C=O) groups excluding carboxylic acids is 1. The van der Waals surface area contributed by atoms with Crippen LogP contribution in [0.3, 0.4) is 0 Å². The predicted octanol–water partition coefficient (Wildman–Crippen LogP) is 3.62. The van der Waals surface area contributed by atoms with Crippen LogP contribution in [0.4, 0.5) is 18.9 Å². The highest BCUT2D eigenvalue weighted by Gasteiger charge is 2.30. The maximum atomic E-state index is 12.7. The normalized spacial score (nSPS) is 11.2. The summed E-state index contributed by atoms with van der Waals surface area (Å²) in [5, 5.41) is 0. The summed E-state index contributed by atoms with van der Waals surface area (Å²) in [5.41, 5.74) is 0.737. The van der Waals surface area contributed by atoms with Crippen LogP contribution < -0.4 is 9.64 Å². The van der Waals surface area contributed by atoms with E-state index < -0.39 is 11.7 Å². The summed E-state index contributed by atoms with van der Waals surface area (Å²) in [5.74, 6) is 0.0293. The van der Waals surface area contributed by atoms with E-state index in [-0.39, 0.29) is 12.3 Å². The number of aromatic nitrogens is 1. The number of rotatable bonds is 4. The highest BCUT2D eigenvalue weighted by atomic mass is 19.4. The lowest BCUT2D eigenvalue weighted by Crippen LogP contribution is -2.28. The Morgan fingerprint density at radius 3 is 2.58 bits per heavy atom. The molecule has 128 valence electrons. The largest absolute Gasteiger partial charge is 0.480 e. The highest BCUT2D eigenvalue weighted by Crippen LogP contribution is 2.31. The number of carbonyl (C=O) groups is 1. The van der Waals surface area contributed by atoms with Gasteiger partial charge in [0.05, 0.1) is 19.1 Å². The zero-order valence-corrected chi connectivity index (χ0v) is 13.5. The van der Waals surface area contributed by atoms with E-state index >= 15 is 0 Å². The lowest BCUT2D eigenvalue weighted by Gasteiger charge is -2.20. The number of halogens is 3. The molecule has 1 amide bonds. The van der Waals surface area contributed by atoms with Crippen LogP contribution in [0.15, 0.2) is 36.5 Å². The van der Waals surface area contributed by atoms with E-state index in [4.69, 9.17) is 4.74 Å². The summed E-state index contributed by atoms with van der Waals surface area (Å²) in [6.07, 6.45) is -2.87. The lowest BCUT2D eigenvalue weighted by molar-refractivity contribution is -0.137. The summed E-state index contributed by atoms with van der Waals surface area (Å²) >= 11 is 0. The Labute approximate surface area is 137 Å². The van der Waals surface area contributed by atoms with Crippen molar-refractivity contribution in [2.24, 2.45) is 0 Å². The zero-order chi connectivity index (χ0) is 17.9. The molecule has 2 aromatic rings. The van der Waals surface area contributed by atoms with Gasteiger partial charge in [-0.1, -0.05) is 6.07 Å². The third-order valence-electron chi connectivity index (χ3n) is 3.69. The number of aryl methyl sites for hydroxylation is 1. The minimum atomic E-state index is -4.40. The van der Waals surface area contributed by atoms with Crippen molar-refractivity contribution in [1.82, 2.24) is 4.98 Å². The first-order valence-electron chi connectivity index (χ1n) is 7.16. The molecule has 0 saturated carbocycles. The van der Waals surface area contributed by atoms with Gasteiger partial charge in [0, 0.05) is 13.2 Å². The second kappa shape index (κ2) is 6.90. The predicted molar refractivity (Wildman–Crippen MR) is 84.1 cm³/mol. The first-order chi connectivity index (χ1) is 11.2. The van der Waals surface area contributed by atoms with Gasteiger partial charge < -0.3 is 9.64 Å². The Balaban J connectivity index is 2.20. The molecule has 0 bridgehead atoms. The van der Waals surface area contributed by atoms with Crippen LogP contribution in [-0.2, 0) is 17.4 Å². The Morgan fingerprint density at radius 1 is 1.29 bits per heavy atom. The van der Waals surface area contributed by atoms with E-state index in [1.54, 1.807) is 32.3 Å². The lowest BCUT2D eigenvalue weighted by atomic mass is 10.0. The zero-order valence-electron chi connectivity index (χ0n) is 13.5. The van der Waals surface area contributed by atoms with Gasteiger partial charge in [-0.3, -0.25) is 4.79 Å². The van der Waals surface area contributed by atoms with Crippen LogP contribution in [0.5, 0.6) is 5.88 Å². The molecule has 0 unspecified atom stereocenters. The average molecular weight is 338 g/mol. The number of ether oxygens (including phenoxy) is 1. The van der Waals surface area contributed by atoms with Crippen molar-refractivity contribution < 1.29 is 22.7 Å². The van der Waals surface area contributed by atoms with Crippen molar-refractivity contribution in [3.05, 3.63) is 53.2 Å². The topological polar surface area (TPSA) is 42.4 Å². The van der Waals surface area contributed by atoms with Gasteiger partial charge in [-0.25, -0.2) is 4.98 Å². The minimum absolute atomic E-state index is 0.0154. The molecule has 0 aliphatic heterocycles.